The van der Waals surface area contributed by atoms with Crippen LogP contribution in [0.4, 0.5) is 0 Å². The summed E-state index contributed by atoms with van der Waals surface area (Å²) in [5.74, 6) is -0.444. The SMILES string of the molecule is CCNC(=O)[C@@H](C)NC(=O)c1cn(CCOC)c2ccccc12. The van der Waals surface area contributed by atoms with Gasteiger partial charge in [-0.1, -0.05) is 18.2 Å². The smallest absolute Gasteiger partial charge is 0.254 e. The number of nitrogens with zero attached hydrogens (tertiary/aromatic N) is 1. The van der Waals surface area contributed by atoms with Gasteiger partial charge in [0.05, 0.1) is 12.2 Å². The molecule has 0 fully saturated rings. The van der Waals surface area contributed by atoms with E-state index >= 15 is 0 Å². The van der Waals surface area contributed by atoms with Crippen LogP contribution in [0.1, 0.15) is 24.2 Å². The maximum absolute atomic E-state index is 12.5. The number of methoxy groups -OCH3 is 1. The van der Waals surface area contributed by atoms with Crippen molar-refractivity contribution in [2.75, 3.05) is 20.3 Å². The van der Waals surface area contributed by atoms with Gasteiger partial charge >= 0.3 is 0 Å². The summed E-state index contributed by atoms with van der Waals surface area (Å²) in [6, 6.07) is 7.13. The third kappa shape index (κ3) is 3.90. The van der Waals surface area contributed by atoms with Gasteiger partial charge in [-0.2, -0.15) is 0 Å². The molecular weight excluding hydrogens is 294 g/mol. The molecule has 0 saturated carbocycles. The highest BCUT2D eigenvalue weighted by molar-refractivity contribution is 6.08. The Kier molecular flexibility index (Phi) is 5.76. The molecule has 6 nitrogen and oxygen atoms in total. The van der Waals surface area contributed by atoms with Gasteiger partial charge in [0, 0.05) is 37.3 Å². The van der Waals surface area contributed by atoms with Crippen molar-refractivity contribution >= 4 is 22.7 Å². The van der Waals surface area contributed by atoms with Gasteiger partial charge in [-0.05, 0) is 19.9 Å². The number of para-hydroxylation sites is 1. The van der Waals surface area contributed by atoms with Gasteiger partial charge in [0.2, 0.25) is 5.91 Å². The zero-order valence-corrected chi connectivity index (χ0v) is 13.8. The summed E-state index contributed by atoms with van der Waals surface area (Å²) < 4.78 is 7.10. The van der Waals surface area contributed by atoms with E-state index in [1.807, 2.05) is 42.0 Å². The number of carbonyl (C=O) groups excluding carboxylic acids is 2. The number of hydrogen-bond acceptors (Lipinski definition) is 3. The van der Waals surface area contributed by atoms with Crippen LogP contribution in [0.3, 0.4) is 0 Å². The lowest BCUT2D eigenvalue weighted by atomic mass is 10.1. The molecule has 1 aromatic carbocycles. The number of amides is 2. The fraction of sp³-hybridized carbons (Fsp3) is 0.412. The van der Waals surface area contributed by atoms with E-state index in [4.69, 9.17) is 4.74 Å². The average Bonchev–Trinajstić information content (AvgIpc) is 2.92. The zero-order chi connectivity index (χ0) is 16.8. The molecule has 0 aliphatic heterocycles. The highest BCUT2D eigenvalue weighted by atomic mass is 16.5. The average molecular weight is 317 g/mol. The molecule has 124 valence electrons. The molecule has 2 N–H and O–H groups in total. The van der Waals surface area contributed by atoms with Crippen LogP contribution < -0.4 is 10.6 Å². The molecule has 0 radical (unpaired) electrons. The van der Waals surface area contributed by atoms with Crippen molar-refractivity contribution in [2.45, 2.75) is 26.4 Å². The second-order valence-corrected chi connectivity index (χ2v) is 5.34. The lowest BCUT2D eigenvalue weighted by Crippen LogP contribution is -2.44. The van der Waals surface area contributed by atoms with Crippen molar-refractivity contribution in [1.29, 1.82) is 0 Å². The van der Waals surface area contributed by atoms with E-state index in [2.05, 4.69) is 10.6 Å². The van der Waals surface area contributed by atoms with Crippen molar-refractivity contribution in [3.05, 3.63) is 36.0 Å². The molecule has 0 unspecified atom stereocenters. The molecule has 1 atom stereocenters. The highest BCUT2D eigenvalue weighted by Crippen LogP contribution is 2.21. The molecule has 0 bridgehead atoms. The number of carbonyl (C=O) groups is 2. The Labute approximate surface area is 135 Å². The van der Waals surface area contributed by atoms with E-state index < -0.39 is 6.04 Å². The number of likely N-dealkylation sites (N-methyl/N-ethyl adjacent to an activating group) is 1. The van der Waals surface area contributed by atoms with Crippen molar-refractivity contribution < 1.29 is 14.3 Å². The molecule has 0 aliphatic carbocycles. The summed E-state index contributed by atoms with van der Waals surface area (Å²) in [5.41, 5.74) is 1.54. The zero-order valence-electron chi connectivity index (χ0n) is 13.8. The molecule has 0 saturated heterocycles. The van der Waals surface area contributed by atoms with Crippen LogP contribution in [0.5, 0.6) is 0 Å². The van der Waals surface area contributed by atoms with Gasteiger partial charge < -0.3 is 19.9 Å². The van der Waals surface area contributed by atoms with E-state index in [0.29, 0.717) is 25.3 Å². The predicted molar refractivity (Wildman–Crippen MR) is 89.4 cm³/mol. The third-order valence-corrected chi connectivity index (χ3v) is 3.66. The van der Waals surface area contributed by atoms with E-state index in [1.54, 1.807) is 14.0 Å². The minimum Gasteiger partial charge on any atom is -0.383 e. The first-order valence-corrected chi connectivity index (χ1v) is 7.73. The predicted octanol–water partition coefficient (Wildman–Crippen LogP) is 1.54. The van der Waals surface area contributed by atoms with Crippen LogP contribution in [0.2, 0.25) is 0 Å². The second-order valence-electron chi connectivity index (χ2n) is 5.34. The molecule has 0 aliphatic rings. The molecule has 2 amide bonds. The third-order valence-electron chi connectivity index (χ3n) is 3.66. The van der Waals surface area contributed by atoms with Crippen molar-refractivity contribution in [3.8, 4) is 0 Å². The fourth-order valence-corrected chi connectivity index (χ4v) is 2.47. The van der Waals surface area contributed by atoms with E-state index in [1.165, 1.54) is 0 Å². The lowest BCUT2D eigenvalue weighted by Gasteiger charge is -2.12. The van der Waals surface area contributed by atoms with Crippen LogP contribution in [-0.4, -0.2) is 42.7 Å². The summed E-state index contributed by atoms with van der Waals surface area (Å²) in [4.78, 5) is 24.3. The first-order chi connectivity index (χ1) is 11.1. The standard InChI is InChI=1S/C17H23N3O3/c1-4-18-16(21)12(2)19-17(22)14-11-20(9-10-23-3)15-8-6-5-7-13(14)15/h5-8,11-12H,4,9-10H2,1-3H3,(H,18,21)(H,19,22)/t12-/m1/s1. The van der Waals surface area contributed by atoms with E-state index in [-0.39, 0.29) is 11.8 Å². The van der Waals surface area contributed by atoms with Gasteiger partial charge in [0.15, 0.2) is 0 Å². The van der Waals surface area contributed by atoms with E-state index in [9.17, 15) is 9.59 Å². The number of fused-ring (bicyclic) bond motifs is 1. The first-order valence-electron chi connectivity index (χ1n) is 7.73. The Morgan fingerprint density at radius 1 is 1.30 bits per heavy atom. The summed E-state index contributed by atoms with van der Waals surface area (Å²) in [6.45, 7) is 5.28. The number of rotatable bonds is 7. The molecule has 1 heterocycles. The number of benzene rings is 1. The Bertz CT molecular complexity index is 693. The summed E-state index contributed by atoms with van der Waals surface area (Å²) in [6.07, 6.45) is 1.81. The van der Waals surface area contributed by atoms with Crippen LogP contribution in [-0.2, 0) is 16.1 Å². The second kappa shape index (κ2) is 7.78. The summed E-state index contributed by atoms with van der Waals surface area (Å²) in [5, 5.41) is 6.31. The van der Waals surface area contributed by atoms with Crippen molar-refractivity contribution in [1.82, 2.24) is 15.2 Å². The van der Waals surface area contributed by atoms with Gasteiger partial charge in [0.25, 0.3) is 5.91 Å². The fourth-order valence-electron chi connectivity index (χ4n) is 2.47. The van der Waals surface area contributed by atoms with Gasteiger partial charge in [-0.3, -0.25) is 9.59 Å². The summed E-state index contributed by atoms with van der Waals surface area (Å²) in [7, 11) is 1.65. The number of hydrogen-bond donors (Lipinski definition) is 2. The molecule has 1 aromatic heterocycles. The Morgan fingerprint density at radius 2 is 2.04 bits per heavy atom. The largest absolute Gasteiger partial charge is 0.383 e. The Balaban J connectivity index is 2.24. The lowest BCUT2D eigenvalue weighted by molar-refractivity contribution is -0.122. The Morgan fingerprint density at radius 3 is 2.74 bits per heavy atom. The molecule has 2 aromatic rings. The number of aromatic nitrogens is 1. The number of ether oxygens (including phenoxy) is 1. The molecule has 0 spiro atoms. The summed E-state index contributed by atoms with van der Waals surface area (Å²) >= 11 is 0. The molecule has 2 rings (SSSR count). The highest BCUT2D eigenvalue weighted by Gasteiger charge is 2.19. The molecular formula is C17H23N3O3. The van der Waals surface area contributed by atoms with Crippen LogP contribution in [0, 0.1) is 0 Å². The minimum absolute atomic E-state index is 0.191. The monoisotopic (exact) mass is 317 g/mol. The Hall–Kier alpha value is -2.34. The molecule has 6 heteroatoms. The molecule has 23 heavy (non-hydrogen) atoms. The van der Waals surface area contributed by atoms with Gasteiger partial charge in [-0.25, -0.2) is 0 Å². The maximum Gasteiger partial charge on any atom is 0.254 e. The normalized spacial score (nSPS) is 12.1. The first kappa shape index (κ1) is 17.0. The van der Waals surface area contributed by atoms with Crippen LogP contribution in [0.15, 0.2) is 30.5 Å². The van der Waals surface area contributed by atoms with Crippen molar-refractivity contribution in [3.63, 3.8) is 0 Å². The van der Waals surface area contributed by atoms with Gasteiger partial charge in [0.1, 0.15) is 6.04 Å². The van der Waals surface area contributed by atoms with Gasteiger partial charge in [-0.15, -0.1) is 0 Å². The topological polar surface area (TPSA) is 72.4 Å². The van der Waals surface area contributed by atoms with Crippen LogP contribution >= 0.6 is 0 Å². The van der Waals surface area contributed by atoms with Crippen LogP contribution in [0.25, 0.3) is 10.9 Å². The maximum atomic E-state index is 12.5. The van der Waals surface area contributed by atoms with Crippen molar-refractivity contribution in [2.24, 2.45) is 0 Å². The quantitative estimate of drug-likeness (QED) is 0.814. The van der Waals surface area contributed by atoms with E-state index in [0.717, 1.165) is 10.9 Å². The minimum atomic E-state index is -0.580. The number of nitrogens with one attached hydrogen (secondary N) is 2.